The van der Waals surface area contributed by atoms with E-state index in [-0.39, 0.29) is 0 Å². The second-order valence-electron chi connectivity index (χ2n) is 4.97. The lowest BCUT2D eigenvalue weighted by Gasteiger charge is -2.27. The van der Waals surface area contributed by atoms with Crippen molar-refractivity contribution in [3.05, 3.63) is 48.0 Å². The van der Waals surface area contributed by atoms with Gasteiger partial charge in [-0.05, 0) is 24.1 Å². The molecule has 1 saturated heterocycles. The van der Waals surface area contributed by atoms with Crippen LogP contribution in [0, 0.1) is 0 Å². The van der Waals surface area contributed by atoms with Crippen LogP contribution < -0.4 is 10.1 Å². The highest BCUT2D eigenvalue weighted by molar-refractivity contribution is 5.28. The molecular weight excluding hydrogens is 238 g/mol. The van der Waals surface area contributed by atoms with E-state index < -0.39 is 0 Å². The van der Waals surface area contributed by atoms with Gasteiger partial charge in [0.15, 0.2) is 0 Å². The molecule has 100 valence electrons. The van der Waals surface area contributed by atoms with Crippen LogP contribution >= 0.6 is 0 Å². The maximum Gasteiger partial charge on any atom is 0.119 e. The average molecular weight is 257 g/mol. The van der Waals surface area contributed by atoms with Crippen LogP contribution in [-0.4, -0.2) is 29.8 Å². The molecule has 1 aliphatic heterocycles. The van der Waals surface area contributed by atoms with Crippen molar-refractivity contribution < 1.29 is 4.74 Å². The highest BCUT2D eigenvalue weighted by Gasteiger charge is 2.22. The zero-order chi connectivity index (χ0) is 13.1. The summed E-state index contributed by atoms with van der Waals surface area (Å²) in [4.78, 5) is 4.28. The summed E-state index contributed by atoms with van der Waals surface area (Å²) in [5.74, 6) is 1.55. The van der Waals surface area contributed by atoms with Crippen molar-refractivity contribution in [1.82, 2.24) is 14.9 Å². The molecule has 0 bridgehead atoms. The van der Waals surface area contributed by atoms with Crippen LogP contribution in [0.5, 0.6) is 5.75 Å². The largest absolute Gasteiger partial charge is 0.497 e. The smallest absolute Gasteiger partial charge is 0.119 e. The van der Waals surface area contributed by atoms with Crippen LogP contribution in [0.25, 0.3) is 0 Å². The first-order chi connectivity index (χ1) is 9.36. The van der Waals surface area contributed by atoms with E-state index in [9.17, 15) is 0 Å². The predicted octanol–water partition coefficient (Wildman–Crippen LogP) is 1.82. The fraction of sp³-hybridized carbons (Fsp3) is 0.400. The van der Waals surface area contributed by atoms with E-state index in [1.54, 1.807) is 7.11 Å². The average Bonchev–Trinajstić information content (AvgIpc) is 2.83. The van der Waals surface area contributed by atoms with Gasteiger partial charge in [-0.2, -0.15) is 0 Å². The number of nitrogens with zero attached hydrogens (tertiary/aromatic N) is 2. The Balaban J connectivity index is 1.66. The standard InChI is InChI=1S/C15H19N3O/c1-19-14-4-2-3-12(7-14)5-6-18-11-17-10-15(18)13-8-16-9-13/h2-4,7,10-11,13,16H,5-6,8-9H2,1H3. The number of aromatic nitrogens is 2. The molecule has 19 heavy (non-hydrogen) atoms. The third-order valence-electron chi connectivity index (χ3n) is 3.72. The molecule has 0 amide bonds. The lowest BCUT2D eigenvalue weighted by Crippen LogP contribution is -2.40. The minimum Gasteiger partial charge on any atom is -0.497 e. The number of methoxy groups -OCH3 is 1. The first kappa shape index (κ1) is 12.2. The summed E-state index contributed by atoms with van der Waals surface area (Å²) in [6.07, 6.45) is 4.94. The van der Waals surface area contributed by atoms with Gasteiger partial charge in [0.1, 0.15) is 5.75 Å². The molecule has 2 heterocycles. The number of rotatable bonds is 5. The van der Waals surface area contributed by atoms with Crippen LogP contribution in [0.15, 0.2) is 36.8 Å². The van der Waals surface area contributed by atoms with Crippen molar-refractivity contribution in [3.8, 4) is 5.75 Å². The topological polar surface area (TPSA) is 39.1 Å². The van der Waals surface area contributed by atoms with Crippen molar-refractivity contribution in [3.63, 3.8) is 0 Å². The van der Waals surface area contributed by atoms with Crippen molar-refractivity contribution in [2.24, 2.45) is 0 Å². The minimum absolute atomic E-state index is 0.632. The van der Waals surface area contributed by atoms with E-state index in [1.807, 2.05) is 24.7 Å². The van der Waals surface area contributed by atoms with E-state index in [2.05, 4.69) is 27.0 Å². The number of imidazole rings is 1. The number of aryl methyl sites for hydroxylation is 2. The van der Waals surface area contributed by atoms with E-state index >= 15 is 0 Å². The molecule has 3 rings (SSSR count). The molecule has 0 atom stereocenters. The number of hydrogen-bond acceptors (Lipinski definition) is 3. The van der Waals surface area contributed by atoms with Crippen molar-refractivity contribution in [2.75, 3.05) is 20.2 Å². The summed E-state index contributed by atoms with van der Waals surface area (Å²) in [6, 6.07) is 8.26. The third-order valence-corrected chi connectivity index (χ3v) is 3.72. The van der Waals surface area contributed by atoms with Crippen LogP contribution in [-0.2, 0) is 13.0 Å². The molecule has 0 aliphatic carbocycles. The summed E-state index contributed by atoms with van der Waals surface area (Å²) >= 11 is 0. The van der Waals surface area contributed by atoms with Crippen LogP contribution in [0.1, 0.15) is 17.2 Å². The number of hydrogen-bond donors (Lipinski definition) is 1. The maximum absolute atomic E-state index is 5.25. The van der Waals surface area contributed by atoms with Crippen LogP contribution in [0.4, 0.5) is 0 Å². The van der Waals surface area contributed by atoms with Gasteiger partial charge in [-0.1, -0.05) is 12.1 Å². The normalized spacial score (nSPS) is 15.2. The summed E-state index contributed by atoms with van der Waals surface area (Å²) in [6.45, 7) is 3.12. The van der Waals surface area contributed by atoms with Gasteiger partial charge in [0.25, 0.3) is 0 Å². The maximum atomic E-state index is 5.25. The summed E-state index contributed by atoms with van der Waals surface area (Å²) < 4.78 is 7.52. The quantitative estimate of drug-likeness (QED) is 0.888. The molecule has 2 aromatic rings. The summed E-state index contributed by atoms with van der Waals surface area (Å²) in [7, 11) is 1.71. The number of benzene rings is 1. The molecule has 4 heteroatoms. The van der Waals surface area contributed by atoms with Crippen molar-refractivity contribution in [2.45, 2.75) is 18.9 Å². The molecule has 0 spiro atoms. The SMILES string of the molecule is COc1cccc(CCn2cncc2C2CNC2)c1. The summed E-state index contributed by atoms with van der Waals surface area (Å²) in [5, 5.41) is 3.31. The van der Waals surface area contributed by atoms with E-state index in [0.29, 0.717) is 5.92 Å². The lowest BCUT2D eigenvalue weighted by molar-refractivity contribution is 0.413. The van der Waals surface area contributed by atoms with E-state index in [0.717, 1.165) is 31.8 Å². The van der Waals surface area contributed by atoms with E-state index in [1.165, 1.54) is 11.3 Å². The van der Waals surface area contributed by atoms with Crippen molar-refractivity contribution in [1.29, 1.82) is 0 Å². The molecule has 0 radical (unpaired) electrons. The molecule has 1 aromatic carbocycles. The Morgan fingerprint density at radius 1 is 1.42 bits per heavy atom. The highest BCUT2D eigenvalue weighted by Crippen LogP contribution is 2.20. The summed E-state index contributed by atoms with van der Waals surface area (Å²) in [5.41, 5.74) is 2.65. The fourth-order valence-corrected chi connectivity index (χ4v) is 2.43. The second kappa shape index (κ2) is 5.45. The van der Waals surface area contributed by atoms with Crippen LogP contribution in [0.2, 0.25) is 0 Å². The Morgan fingerprint density at radius 2 is 2.32 bits per heavy atom. The third kappa shape index (κ3) is 2.63. The zero-order valence-corrected chi connectivity index (χ0v) is 11.2. The lowest BCUT2D eigenvalue weighted by atomic mass is 10.00. The van der Waals surface area contributed by atoms with Crippen molar-refractivity contribution >= 4 is 0 Å². The van der Waals surface area contributed by atoms with Gasteiger partial charge in [0.05, 0.1) is 13.4 Å². The van der Waals surface area contributed by atoms with E-state index in [4.69, 9.17) is 4.74 Å². The van der Waals surface area contributed by atoms with Gasteiger partial charge in [-0.3, -0.25) is 0 Å². The second-order valence-corrected chi connectivity index (χ2v) is 4.97. The molecule has 0 unspecified atom stereocenters. The van der Waals surface area contributed by atoms with Crippen LogP contribution in [0.3, 0.4) is 0 Å². The van der Waals surface area contributed by atoms with Gasteiger partial charge >= 0.3 is 0 Å². The highest BCUT2D eigenvalue weighted by atomic mass is 16.5. The molecule has 1 fully saturated rings. The minimum atomic E-state index is 0.632. The van der Waals surface area contributed by atoms with Gasteiger partial charge in [0, 0.05) is 37.4 Å². The monoisotopic (exact) mass is 257 g/mol. The van der Waals surface area contributed by atoms with Gasteiger partial charge in [-0.25, -0.2) is 4.98 Å². The van der Waals surface area contributed by atoms with Gasteiger partial charge < -0.3 is 14.6 Å². The van der Waals surface area contributed by atoms with Gasteiger partial charge in [0.2, 0.25) is 0 Å². The molecule has 0 saturated carbocycles. The molecule has 1 N–H and O–H groups in total. The molecule has 1 aliphatic rings. The zero-order valence-electron chi connectivity index (χ0n) is 11.2. The first-order valence-electron chi connectivity index (χ1n) is 6.70. The number of nitrogens with one attached hydrogen (secondary N) is 1. The molecule has 4 nitrogen and oxygen atoms in total. The Labute approximate surface area is 113 Å². The molecule has 1 aromatic heterocycles. The Kier molecular flexibility index (Phi) is 3.51. The Bertz CT molecular complexity index is 546. The first-order valence-corrected chi connectivity index (χ1v) is 6.70. The number of ether oxygens (including phenoxy) is 1. The fourth-order valence-electron chi connectivity index (χ4n) is 2.43. The predicted molar refractivity (Wildman–Crippen MR) is 74.5 cm³/mol. The van der Waals surface area contributed by atoms with Gasteiger partial charge in [-0.15, -0.1) is 0 Å². The Hall–Kier alpha value is -1.81. The molecular formula is C15H19N3O. The Morgan fingerprint density at radius 3 is 3.05 bits per heavy atom.